The highest BCUT2D eigenvalue weighted by Crippen LogP contribution is 2.21. The van der Waals surface area contributed by atoms with Gasteiger partial charge in [0.2, 0.25) is 0 Å². The summed E-state index contributed by atoms with van der Waals surface area (Å²) in [4.78, 5) is 22.9. The first-order chi connectivity index (χ1) is 8.70. The fraction of sp³-hybridized carbons (Fsp3) is 0.538. The summed E-state index contributed by atoms with van der Waals surface area (Å²) in [6.45, 7) is 4.25. The third-order valence-corrected chi connectivity index (χ3v) is 3.18. The zero-order valence-corrected chi connectivity index (χ0v) is 10.8. The Morgan fingerprint density at radius 1 is 1.61 bits per heavy atom. The Bertz CT molecular complexity index is 422. The Morgan fingerprint density at radius 3 is 3.17 bits per heavy atom. The predicted octanol–water partition coefficient (Wildman–Crippen LogP) is 1.61. The number of piperidine rings is 1. The molecule has 5 nitrogen and oxygen atoms in total. The fourth-order valence-electron chi connectivity index (χ4n) is 2.28. The summed E-state index contributed by atoms with van der Waals surface area (Å²) in [6.07, 6.45) is 4.11. The molecule has 0 aromatic carbocycles. The number of carbonyl (C=O) groups excluding carboxylic acids is 1. The number of aromatic nitrogens is 1. The monoisotopic (exact) mass is 249 g/mol. The molecule has 0 saturated carbocycles. The molecule has 1 saturated heterocycles. The smallest absolute Gasteiger partial charge is 0.275 e. The van der Waals surface area contributed by atoms with Crippen LogP contribution in [0.4, 0.5) is 5.82 Å². The maximum Gasteiger partial charge on any atom is 0.275 e. The molecular weight excluding hydrogens is 230 g/mol. The summed E-state index contributed by atoms with van der Waals surface area (Å²) >= 11 is 0. The summed E-state index contributed by atoms with van der Waals surface area (Å²) in [7, 11) is 1.42. The predicted molar refractivity (Wildman–Crippen MR) is 69.3 cm³/mol. The molecule has 0 bridgehead atoms. The van der Waals surface area contributed by atoms with E-state index in [1.54, 1.807) is 12.3 Å². The molecule has 1 fully saturated rings. The van der Waals surface area contributed by atoms with E-state index in [2.05, 4.69) is 27.1 Å². The standard InChI is InChI=1S/C13H19N3O2/c1-10-4-3-7-16(9-10)12-8-11(5-6-14-12)13(17)15-18-2/h5-6,8,10H,3-4,7,9H2,1-2H3,(H,15,17). The van der Waals surface area contributed by atoms with E-state index >= 15 is 0 Å². The van der Waals surface area contributed by atoms with Crippen LogP contribution in [0.15, 0.2) is 18.3 Å². The van der Waals surface area contributed by atoms with Crippen LogP contribution in [0.2, 0.25) is 0 Å². The molecule has 2 heterocycles. The minimum Gasteiger partial charge on any atom is -0.356 e. The van der Waals surface area contributed by atoms with Crippen LogP contribution in [0.25, 0.3) is 0 Å². The van der Waals surface area contributed by atoms with Crippen molar-refractivity contribution in [2.45, 2.75) is 19.8 Å². The van der Waals surface area contributed by atoms with E-state index in [0.29, 0.717) is 11.5 Å². The third kappa shape index (κ3) is 2.98. The number of nitrogens with zero attached hydrogens (tertiary/aromatic N) is 2. The van der Waals surface area contributed by atoms with E-state index in [1.165, 1.54) is 20.0 Å². The topological polar surface area (TPSA) is 54.5 Å². The zero-order chi connectivity index (χ0) is 13.0. The molecule has 18 heavy (non-hydrogen) atoms. The first-order valence-corrected chi connectivity index (χ1v) is 6.25. The van der Waals surface area contributed by atoms with Crippen molar-refractivity contribution in [3.63, 3.8) is 0 Å². The molecule has 0 spiro atoms. The fourth-order valence-corrected chi connectivity index (χ4v) is 2.28. The number of hydroxylamine groups is 1. The first-order valence-electron chi connectivity index (χ1n) is 6.25. The van der Waals surface area contributed by atoms with Gasteiger partial charge in [-0.3, -0.25) is 9.63 Å². The Kier molecular flexibility index (Phi) is 4.15. The SMILES string of the molecule is CONC(=O)c1ccnc(N2CCCC(C)C2)c1. The van der Waals surface area contributed by atoms with Crippen molar-refractivity contribution in [3.05, 3.63) is 23.9 Å². The summed E-state index contributed by atoms with van der Waals surface area (Å²) in [5.41, 5.74) is 2.89. The van der Waals surface area contributed by atoms with Gasteiger partial charge in [-0.05, 0) is 30.9 Å². The van der Waals surface area contributed by atoms with Gasteiger partial charge in [-0.25, -0.2) is 10.5 Å². The van der Waals surface area contributed by atoms with E-state index in [9.17, 15) is 4.79 Å². The van der Waals surface area contributed by atoms with Crippen molar-refractivity contribution < 1.29 is 9.63 Å². The van der Waals surface area contributed by atoms with Crippen molar-refractivity contribution >= 4 is 11.7 Å². The number of amides is 1. The summed E-state index contributed by atoms with van der Waals surface area (Å²) < 4.78 is 0. The lowest BCUT2D eigenvalue weighted by atomic mass is 10.0. The Labute approximate surface area is 107 Å². The van der Waals surface area contributed by atoms with Crippen molar-refractivity contribution in [1.29, 1.82) is 0 Å². The molecule has 1 amide bonds. The summed E-state index contributed by atoms with van der Waals surface area (Å²) in [5, 5.41) is 0. The van der Waals surface area contributed by atoms with Gasteiger partial charge >= 0.3 is 0 Å². The van der Waals surface area contributed by atoms with Crippen LogP contribution in [-0.4, -0.2) is 31.1 Å². The quantitative estimate of drug-likeness (QED) is 0.827. The number of pyridine rings is 1. The first kappa shape index (κ1) is 12.8. The Balaban J connectivity index is 2.13. The van der Waals surface area contributed by atoms with Gasteiger partial charge in [0.25, 0.3) is 5.91 Å². The maximum atomic E-state index is 11.7. The highest BCUT2D eigenvalue weighted by Gasteiger charge is 2.18. The van der Waals surface area contributed by atoms with E-state index in [1.807, 2.05) is 6.07 Å². The molecule has 0 radical (unpaired) electrons. The molecule has 98 valence electrons. The number of anilines is 1. The lowest BCUT2D eigenvalue weighted by Gasteiger charge is -2.31. The Morgan fingerprint density at radius 2 is 2.44 bits per heavy atom. The van der Waals surface area contributed by atoms with Gasteiger partial charge in [-0.1, -0.05) is 6.92 Å². The molecule has 1 atom stereocenters. The van der Waals surface area contributed by atoms with Crippen molar-refractivity contribution in [3.8, 4) is 0 Å². The van der Waals surface area contributed by atoms with Gasteiger partial charge in [-0.2, -0.15) is 0 Å². The largest absolute Gasteiger partial charge is 0.356 e. The minimum absolute atomic E-state index is 0.244. The van der Waals surface area contributed by atoms with Crippen molar-refractivity contribution in [2.75, 3.05) is 25.1 Å². The van der Waals surface area contributed by atoms with E-state index in [0.717, 1.165) is 18.9 Å². The van der Waals surface area contributed by atoms with Gasteiger partial charge in [0.1, 0.15) is 5.82 Å². The molecular formula is C13H19N3O2. The van der Waals surface area contributed by atoms with Crippen LogP contribution < -0.4 is 10.4 Å². The minimum atomic E-state index is -0.244. The molecule has 1 aromatic rings. The van der Waals surface area contributed by atoms with Gasteiger partial charge in [0, 0.05) is 24.8 Å². The molecule has 1 aromatic heterocycles. The van der Waals surface area contributed by atoms with E-state index < -0.39 is 0 Å². The summed E-state index contributed by atoms with van der Waals surface area (Å²) in [6, 6.07) is 3.50. The molecule has 5 heteroatoms. The number of nitrogens with one attached hydrogen (secondary N) is 1. The average molecular weight is 249 g/mol. The second kappa shape index (κ2) is 5.82. The molecule has 1 aliphatic heterocycles. The van der Waals surface area contributed by atoms with Gasteiger partial charge in [-0.15, -0.1) is 0 Å². The number of hydrogen-bond donors (Lipinski definition) is 1. The second-order valence-electron chi connectivity index (χ2n) is 4.73. The van der Waals surface area contributed by atoms with E-state index in [4.69, 9.17) is 0 Å². The van der Waals surface area contributed by atoms with Crippen molar-refractivity contribution in [2.24, 2.45) is 5.92 Å². The van der Waals surface area contributed by atoms with Crippen LogP contribution in [-0.2, 0) is 4.84 Å². The second-order valence-corrected chi connectivity index (χ2v) is 4.73. The van der Waals surface area contributed by atoms with Crippen LogP contribution in [0.5, 0.6) is 0 Å². The lowest BCUT2D eigenvalue weighted by Crippen LogP contribution is -2.35. The third-order valence-electron chi connectivity index (χ3n) is 3.18. The van der Waals surface area contributed by atoms with Gasteiger partial charge < -0.3 is 4.90 Å². The summed E-state index contributed by atoms with van der Waals surface area (Å²) in [5.74, 6) is 1.30. The van der Waals surface area contributed by atoms with Crippen LogP contribution in [0, 0.1) is 5.92 Å². The molecule has 0 aliphatic carbocycles. The zero-order valence-electron chi connectivity index (χ0n) is 10.8. The molecule has 2 rings (SSSR count). The highest BCUT2D eigenvalue weighted by molar-refractivity contribution is 5.94. The van der Waals surface area contributed by atoms with Crippen LogP contribution >= 0.6 is 0 Å². The highest BCUT2D eigenvalue weighted by atomic mass is 16.6. The normalized spacial score (nSPS) is 19.7. The molecule has 1 aliphatic rings. The van der Waals surface area contributed by atoms with Crippen LogP contribution in [0.1, 0.15) is 30.1 Å². The van der Waals surface area contributed by atoms with Gasteiger partial charge in [0.15, 0.2) is 0 Å². The Hall–Kier alpha value is -1.62. The average Bonchev–Trinajstić information content (AvgIpc) is 2.39. The van der Waals surface area contributed by atoms with Crippen molar-refractivity contribution in [1.82, 2.24) is 10.5 Å². The van der Waals surface area contributed by atoms with Gasteiger partial charge in [0.05, 0.1) is 7.11 Å². The molecule has 1 N–H and O–H groups in total. The maximum absolute atomic E-state index is 11.7. The number of rotatable bonds is 3. The molecule has 1 unspecified atom stereocenters. The van der Waals surface area contributed by atoms with E-state index in [-0.39, 0.29) is 5.91 Å². The van der Waals surface area contributed by atoms with Crippen LogP contribution in [0.3, 0.4) is 0 Å². The lowest BCUT2D eigenvalue weighted by molar-refractivity contribution is 0.0537. The number of carbonyl (C=O) groups is 1. The number of hydrogen-bond acceptors (Lipinski definition) is 4.